The number of nitrogens with zero attached hydrogens (tertiary/aromatic N) is 4. The van der Waals surface area contributed by atoms with E-state index in [2.05, 4.69) is 4.98 Å². The van der Waals surface area contributed by atoms with Crippen molar-refractivity contribution in [3.05, 3.63) is 62.4 Å². The lowest BCUT2D eigenvalue weighted by atomic mass is 9.84. The Morgan fingerprint density at radius 3 is 2.47 bits per heavy atom. The molecular formula is C21H25FN4O4. The van der Waals surface area contributed by atoms with Crippen molar-refractivity contribution in [2.75, 3.05) is 19.6 Å². The summed E-state index contributed by atoms with van der Waals surface area (Å²) in [4.78, 5) is 43.6. The molecule has 9 heteroatoms. The molecule has 30 heavy (non-hydrogen) atoms. The van der Waals surface area contributed by atoms with E-state index in [1.54, 1.807) is 4.57 Å². The third-order valence-corrected chi connectivity index (χ3v) is 6.11. The molecule has 1 aromatic carbocycles. The molecule has 1 N–H and O–H groups in total. The van der Waals surface area contributed by atoms with Crippen molar-refractivity contribution in [1.29, 1.82) is 0 Å². The molecule has 0 bridgehead atoms. The van der Waals surface area contributed by atoms with E-state index in [1.165, 1.54) is 28.8 Å². The lowest BCUT2D eigenvalue weighted by Gasteiger charge is -2.37. The molecule has 0 amide bonds. The van der Waals surface area contributed by atoms with Gasteiger partial charge in [0.1, 0.15) is 17.2 Å². The van der Waals surface area contributed by atoms with Crippen molar-refractivity contribution >= 4 is 5.78 Å². The highest BCUT2D eigenvalue weighted by Gasteiger charge is 2.39. The zero-order chi connectivity index (χ0) is 21.3. The molecule has 8 nitrogen and oxygen atoms in total. The molecule has 3 heterocycles. The maximum absolute atomic E-state index is 13.1. The van der Waals surface area contributed by atoms with Crippen LogP contribution in [0.25, 0.3) is 0 Å². The van der Waals surface area contributed by atoms with Crippen LogP contribution in [-0.2, 0) is 19.5 Å². The third-order valence-electron chi connectivity index (χ3n) is 6.11. The molecule has 160 valence electrons. The van der Waals surface area contributed by atoms with Crippen LogP contribution in [-0.4, -0.2) is 55.1 Å². The molecule has 1 aromatic heterocycles. The van der Waals surface area contributed by atoms with E-state index in [-0.39, 0.29) is 30.6 Å². The van der Waals surface area contributed by atoms with Crippen LogP contribution >= 0.6 is 0 Å². The molecule has 1 saturated heterocycles. The van der Waals surface area contributed by atoms with Crippen molar-refractivity contribution < 1.29 is 14.3 Å². The lowest BCUT2D eigenvalue weighted by molar-refractivity contribution is -0.00693. The van der Waals surface area contributed by atoms with Gasteiger partial charge in [-0.25, -0.2) is 18.5 Å². The van der Waals surface area contributed by atoms with Gasteiger partial charge in [-0.05, 0) is 49.9 Å². The Labute approximate surface area is 172 Å². The number of piperidine rings is 1. The number of carbonyl (C=O) groups excluding carboxylic acids is 1. The molecular weight excluding hydrogens is 391 g/mol. The first-order valence-electron chi connectivity index (χ1n) is 10.3. The Kier molecular flexibility index (Phi) is 5.66. The Morgan fingerprint density at radius 2 is 1.77 bits per heavy atom. The number of benzene rings is 1. The Balaban J connectivity index is 1.39. The van der Waals surface area contributed by atoms with Gasteiger partial charge in [0.2, 0.25) is 0 Å². The van der Waals surface area contributed by atoms with E-state index >= 15 is 0 Å². The zero-order valence-electron chi connectivity index (χ0n) is 16.7. The van der Waals surface area contributed by atoms with Gasteiger partial charge in [0.25, 0.3) is 0 Å². The highest BCUT2D eigenvalue weighted by Crippen LogP contribution is 2.26. The first-order chi connectivity index (χ1) is 14.4. The standard InChI is InChI=1S/C21H25FN4O4/c22-16-6-4-15(5-7-16)18(27)21(30)8-11-24(12-9-21)13-14-26-19(28)23-17-3-1-2-10-25(17)20(26)29/h4-7,30H,1-3,8-14H2. The summed E-state index contributed by atoms with van der Waals surface area (Å²) in [6, 6.07) is 5.17. The summed E-state index contributed by atoms with van der Waals surface area (Å²) in [6.45, 7) is 2.17. The van der Waals surface area contributed by atoms with E-state index in [1.807, 2.05) is 4.90 Å². The van der Waals surface area contributed by atoms with E-state index in [4.69, 9.17) is 0 Å². The van der Waals surface area contributed by atoms with Crippen molar-refractivity contribution in [1.82, 2.24) is 19.0 Å². The van der Waals surface area contributed by atoms with Gasteiger partial charge in [-0.15, -0.1) is 0 Å². The second-order valence-electron chi connectivity index (χ2n) is 8.06. The van der Waals surface area contributed by atoms with Gasteiger partial charge >= 0.3 is 11.4 Å². The fourth-order valence-electron chi connectivity index (χ4n) is 4.21. The maximum Gasteiger partial charge on any atom is 0.353 e. The van der Waals surface area contributed by atoms with Crippen LogP contribution in [0, 0.1) is 5.82 Å². The maximum atomic E-state index is 13.1. The number of halogens is 1. The summed E-state index contributed by atoms with van der Waals surface area (Å²) in [5.41, 5.74) is -2.04. The molecule has 1 fully saturated rings. The van der Waals surface area contributed by atoms with E-state index in [0.29, 0.717) is 38.4 Å². The normalized spacial score (nSPS) is 18.7. The third kappa shape index (κ3) is 3.99. The number of rotatable bonds is 5. The minimum Gasteiger partial charge on any atom is -0.382 e. The van der Waals surface area contributed by atoms with Crippen LogP contribution in [0.2, 0.25) is 0 Å². The number of hydrogen-bond donors (Lipinski definition) is 1. The molecule has 2 aromatic rings. The average Bonchev–Trinajstić information content (AvgIpc) is 2.75. The first-order valence-corrected chi connectivity index (χ1v) is 10.3. The number of ketones is 1. The number of fused-ring (bicyclic) bond motifs is 1. The fourth-order valence-corrected chi connectivity index (χ4v) is 4.21. The topological polar surface area (TPSA) is 97.4 Å². The van der Waals surface area contributed by atoms with Crippen LogP contribution < -0.4 is 11.4 Å². The van der Waals surface area contributed by atoms with Crippen LogP contribution in [0.5, 0.6) is 0 Å². The summed E-state index contributed by atoms with van der Waals surface area (Å²) in [6.07, 6.45) is 2.96. The number of likely N-dealkylation sites (tertiary alicyclic amines) is 1. The van der Waals surface area contributed by atoms with Gasteiger partial charge in [0.05, 0.1) is 0 Å². The van der Waals surface area contributed by atoms with Crippen LogP contribution in [0.1, 0.15) is 41.9 Å². The molecule has 2 aliphatic rings. The number of hydrogen-bond acceptors (Lipinski definition) is 6. The van der Waals surface area contributed by atoms with Gasteiger partial charge in [-0.1, -0.05) is 0 Å². The molecule has 4 rings (SSSR count). The Morgan fingerprint density at radius 1 is 1.07 bits per heavy atom. The monoisotopic (exact) mass is 416 g/mol. The molecule has 0 unspecified atom stereocenters. The smallest absolute Gasteiger partial charge is 0.353 e. The Bertz CT molecular complexity index is 1050. The predicted octanol–water partition coefficient (Wildman–Crippen LogP) is 0.590. The van der Waals surface area contributed by atoms with Gasteiger partial charge in [-0.3, -0.25) is 9.36 Å². The van der Waals surface area contributed by atoms with Crippen molar-refractivity contribution in [3.63, 3.8) is 0 Å². The van der Waals surface area contributed by atoms with Gasteiger partial charge in [0.15, 0.2) is 5.78 Å². The predicted molar refractivity (Wildman–Crippen MR) is 107 cm³/mol. The van der Waals surface area contributed by atoms with Crippen molar-refractivity contribution in [2.45, 2.75) is 50.8 Å². The van der Waals surface area contributed by atoms with Crippen LogP contribution in [0.4, 0.5) is 4.39 Å². The number of carbonyl (C=O) groups is 1. The Hall–Kier alpha value is -2.65. The van der Waals surface area contributed by atoms with Crippen LogP contribution in [0.15, 0.2) is 33.9 Å². The van der Waals surface area contributed by atoms with E-state index in [9.17, 15) is 23.9 Å². The first kappa shape index (κ1) is 20.6. The van der Waals surface area contributed by atoms with Crippen LogP contribution in [0.3, 0.4) is 0 Å². The van der Waals surface area contributed by atoms with Gasteiger partial charge in [-0.2, -0.15) is 4.98 Å². The number of aryl methyl sites for hydroxylation is 1. The largest absolute Gasteiger partial charge is 0.382 e. The minimum atomic E-state index is -1.49. The highest BCUT2D eigenvalue weighted by molar-refractivity contribution is 6.02. The molecule has 0 aliphatic carbocycles. The molecule has 2 aliphatic heterocycles. The SMILES string of the molecule is O=C(c1ccc(F)cc1)C1(O)CCN(CCn2c(=O)nc3n(c2=O)CCCC3)CC1. The summed E-state index contributed by atoms with van der Waals surface area (Å²) < 4.78 is 15.8. The lowest BCUT2D eigenvalue weighted by Crippen LogP contribution is -2.51. The summed E-state index contributed by atoms with van der Waals surface area (Å²) >= 11 is 0. The molecule has 0 spiro atoms. The van der Waals surface area contributed by atoms with E-state index in [0.717, 1.165) is 12.8 Å². The number of aromatic nitrogens is 3. The van der Waals surface area contributed by atoms with Gasteiger partial charge in [0, 0.05) is 44.7 Å². The summed E-state index contributed by atoms with van der Waals surface area (Å²) in [7, 11) is 0. The summed E-state index contributed by atoms with van der Waals surface area (Å²) in [5, 5.41) is 10.8. The molecule has 0 atom stereocenters. The van der Waals surface area contributed by atoms with Crippen molar-refractivity contribution in [2.24, 2.45) is 0 Å². The van der Waals surface area contributed by atoms with Gasteiger partial charge < -0.3 is 10.0 Å². The molecule has 0 radical (unpaired) electrons. The van der Waals surface area contributed by atoms with Crippen molar-refractivity contribution in [3.8, 4) is 0 Å². The highest BCUT2D eigenvalue weighted by atomic mass is 19.1. The number of aliphatic hydroxyl groups is 1. The average molecular weight is 416 g/mol. The molecule has 0 saturated carbocycles. The second kappa shape index (κ2) is 8.23. The summed E-state index contributed by atoms with van der Waals surface area (Å²) in [5.74, 6) is -0.276. The number of Topliss-reactive ketones (excluding diaryl/α,β-unsaturated/α-hetero) is 1. The quantitative estimate of drug-likeness (QED) is 0.717. The van der Waals surface area contributed by atoms with E-state index < -0.39 is 22.9 Å². The fraction of sp³-hybridized carbons (Fsp3) is 0.524. The minimum absolute atomic E-state index is 0.218. The zero-order valence-corrected chi connectivity index (χ0v) is 16.7. The second-order valence-corrected chi connectivity index (χ2v) is 8.06.